The molecule has 0 saturated carbocycles. The number of thioether (sulfide) groups is 1. The van der Waals surface area contributed by atoms with E-state index in [-0.39, 0.29) is 5.91 Å². The summed E-state index contributed by atoms with van der Waals surface area (Å²) in [6.45, 7) is 5.26. The van der Waals surface area contributed by atoms with Gasteiger partial charge in [-0.2, -0.15) is 0 Å². The number of rotatable bonds is 6. The van der Waals surface area contributed by atoms with E-state index in [4.69, 9.17) is 4.74 Å². The van der Waals surface area contributed by atoms with Gasteiger partial charge in [0.1, 0.15) is 0 Å². The molecule has 0 spiro atoms. The molecule has 0 atom stereocenters. The molecule has 8 nitrogen and oxygen atoms in total. The van der Waals surface area contributed by atoms with Crippen LogP contribution in [0, 0.1) is 0 Å². The van der Waals surface area contributed by atoms with Crippen LogP contribution in [0.25, 0.3) is 0 Å². The van der Waals surface area contributed by atoms with Gasteiger partial charge in [0.2, 0.25) is 11.9 Å². The summed E-state index contributed by atoms with van der Waals surface area (Å²) >= 11 is 1.39. The van der Waals surface area contributed by atoms with Crippen molar-refractivity contribution in [3.05, 3.63) is 24.3 Å². The summed E-state index contributed by atoms with van der Waals surface area (Å²) in [5.41, 5.74) is 2.04. The topological polar surface area (TPSA) is 75.5 Å². The molecule has 0 bridgehead atoms. The van der Waals surface area contributed by atoms with Crippen LogP contribution in [-0.4, -0.2) is 65.8 Å². The largest absolute Gasteiger partial charge is 0.378 e. The maximum Gasteiger partial charge on any atom is 0.234 e. The lowest BCUT2D eigenvalue weighted by atomic mass is 10.2. The fraction of sp³-hybridized carbons (Fsp3) is 0.526. The van der Waals surface area contributed by atoms with E-state index in [1.807, 2.05) is 23.7 Å². The fourth-order valence-electron chi connectivity index (χ4n) is 3.53. The average Bonchev–Trinajstić information content (AvgIpc) is 3.38. The van der Waals surface area contributed by atoms with Crippen molar-refractivity contribution in [1.29, 1.82) is 0 Å². The molecule has 4 rings (SSSR count). The van der Waals surface area contributed by atoms with Crippen LogP contribution in [0.4, 0.5) is 17.3 Å². The number of carbonyl (C=O) groups is 1. The van der Waals surface area contributed by atoms with E-state index in [9.17, 15) is 4.79 Å². The molecule has 2 saturated heterocycles. The number of benzene rings is 1. The summed E-state index contributed by atoms with van der Waals surface area (Å²) in [6.07, 6.45) is 2.51. The predicted molar refractivity (Wildman–Crippen MR) is 111 cm³/mol. The SMILES string of the molecule is Cn1c(SCC(=O)Nc2ccc(N3CCCC3)cc2)nnc1N1CCOCC1. The summed E-state index contributed by atoms with van der Waals surface area (Å²) in [5.74, 6) is 1.07. The highest BCUT2D eigenvalue weighted by molar-refractivity contribution is 7.99. The number of carbonyl (C=O) groups excluding carboxylic acids is 1. The molecule has 0 aliphatic carbocycles. The molecule has 1 amide bonds. The third-order valence-corrected chi connectivity index (χ3v) is 6.08. The van der Waals surface area contributed by atoms with E-state index < -0.39 is 0 Å². The van der Waals surface area contributed by atoms with Crippen molar-refractivity contribution < 1.29 is 9.53 Å². The number of morpholine rings is 1. The molecule has 1 aromatic carbocycles. The van der Waals surface area contributed by atoms with Crippen LogP contribution in [0.2, 0.25) is 0 Å². The maximum atomic E-state index is 12.3. The molecule has 2 aliphatic heterocycles. The number of anilines is 3. The number of hydrogen-bond acceptors (Lipinski definition) is 7. The van der Waals surface area contributed by atoms with Crippen molar-refractivity contribution in [1.82, 2.24) is 14.8 Å². The predicted octanol–water partition coefficient (Wildman–Crippen LogP) is 1.98. The lowest BCUT2D eigenvalue weighted by Crippen LogP contribution is -2.37. The van der Waals surface area contributed by atoms with Crippen LogP contribution >= 0.6 is 11.8 Å². The Morgan fingerprint density at radius 2 is 1.79 bits per heavy atom. The monoisotopic (exact) mass is 402 g/mol. The average molecular weight is 403 g/mol. The van der Waals surface area contributed by atoms with Crippen molar-refractivity contribution in [2.45, 2.75) is 18.0 Å². The lowest BCUT2D eigenvalue weighted by Gasteiger charge is -2.27. The first-order chi connectivity index (χ1) is 13.7. The minimum absolute atomic E-state index is 0.0464. The van der Waals surface area contributed by atoms with Gasteiger partial charge >= 0.3 is 0 Å². The fourth-order valence-corrected chi connectivity index (χ4v) is 4.24. The van der Waals surface area contributed by atoms with E-state index in [1.54, 1.807) is 0 Å². The second-order valence-electron chi connectivity index (χ2n) is 7.02. The van der Waals surface area contributed by atoms with Crippen LogP contribution in [0.3, 0.4) is 0 Å². The molecular weight excluding hydrogens is 376 g/mol. The van der Waals surface area contributed by atoms with Gasteiger partial charge in [0.15, 0.2) is 5.16 Å². The van der Waals surface area contributed by atoms with E-state index in [0.29, 0.717) is 19.0 Å². The summed E-state index contributed by atoms with van der Waals surface area (Å²) in [7, 11) is 1.93. The van der Waals surface area contributed by atoms with Gasteiger partial charge in [0.25, 0.3) is 0 Å². The Kier molecular flexibility index (Phi) is 6.01. The summed E-state index contributed by atoms with van der Waals surface area (Å²) in [6, 6.07) is 8.08. The molecule has 1 N–H and O–H groups in total. The number of nitrogens with one attached hydrogen (secondary N) is 1. The van der Waals surface area contributed by atoms with Gasteiger partial charge in [-0.15, -0.1) is 10.2 Å². The number of hydrogen-bond donors (Lipinski definition) is 1. The summed E-state index contributed by atoms with van der Waals surface area (Å²) in [5, 5.41) is 12.2. The maximum absolute atomic E-state index is 12.3. The minimum atomic E-state index is -0.0464. The van der Waals surface area contributed by atoms with E-state index in [1.165, 1.54) is 30.3 Å². The quantitative estimate of drug-likeness (QED) is 0.741. The number of aromatic nitrogens is 3. The molecule has 3 heterocycles. The molecular formula is C19H26N6O2S. The Hall–Kier alpha value is -2.26. The normalized spacial score (nSPS) is 17.2. The first-order valence-electron chi connectivity index (χ1n) is 9.70. The second kappa shape index (κ2) is 8.83. The molecule has 2 aromatic rings. The van der Waals surface area contributed by atoms with Crippen molar-refractivity contribution >= 4 is 35.0 Å². The number of ether oxygens (including phenoxy) is 1. The molecule has 1 aromatic heterocycles. The molecule has 2 aliphatic rings. The standard InChI is InChI=1S/C19H26N6O2S/c1-23-18(25-10-12-27-13-11-25)21-22-19(23)28-14-17(26)20-15-4-6-16(7-5-15)24-8-2-3-9-24/h4-7H,2-3,8-14H2,1H3,(H,20,26). The summed E-state index contributed by atoms with van der Waals surface area (Å²) < 4.78 is 7.32. The highest BCUT2D eigenvalue weighted by Gasteiger charge is 2.19. The van der Waals surface area contributed by atoms with Gasteiger partial charge in [0, 0.05) is 44.6 Å². The zero-order valence-electron chi connectivity index (χ0n) is 16.1. The molecule has 0 unspecified atom stereocenters. The highest BCUT2D eigenvalue weighted by Crippen LogP contribution is 2.23. The molecule has 0 radical (unpaired) electrons. The van der Waals surface area contributed by atoms with Crippen LogP contribution in [0.1, 0.15) is 12.8 Å². The van der Waals surface area contributed by atoms with Crippen molar-refractivity contribution in [2.24, 2.45) is 7.05 Å². The minimum Gasteiger partial charge on any atom is -0.378 e. The van der Waals surface area contributed by atoms with Gasteiger partial charge < -0.3 is 19.9 Å². The van der Waals surface area contributed by atoms with Gasteiger partial charge in [0.05, 0.1) is 19.0 Å². The highest BCUT2D eigenvalue weighted by atomic mass is 32.2. The Bertz CT molecular complexity index is 797. The molecule has 2 fully saturated rings. The molecule has 28 heavy (non-hydrogen) atoms. The zero-order valence-corrected chi connectivity index (χ0v) is 17.0. The van der Waals surface area contributed by atoms with Crippen LogP contribution < -0.4 is 15.1 Å². The first kappa shape index (κ1) is 19.1. The second-order valence-corrected chi connectivity index (χ2v) is 7.96. The third kappa shape index (κ3) is 4.41. The Morgan fingerprint density at radius 3 is 2.50 bits per heavy atom. The Balaban J connectivity index is 1.29. The zero-order chi connectivity index (χ0) is 19.3. The summed E-state index contributed by atoms with van der Waals surface area (Å²) in [4.78, 5) is 16.9. The first-order valence-corrected chi connectivity index (χ1v) is 10.7. The Labute approximate surface area is 169 Å². The van der Waals surface area contributed by atoms with Crippen molar-refractivity contribution in [3.8, 4) is 0 Å². The van der Waals surface area contributed by atoms with E-state index in [2.05, 4.69) is 37.4 Å². The van der Waals surface area contributed by atoms with Gasteiger partial charge in [-0.1, -0.05) is 11.8 Å². The molecule has 9 heteroatoms. The van der Waals surface area contributed by atoms with Crippen LogP contribution in [-0.2, 0) is 16.6 Å². The van der Waals surface area contributed by atoms with E-state index in [0.717, 1.165) is 43.0 Å². The lowest BCUT2D eigenvalue weighted by molar-refractivity contribution is -0.113. The van der Waals surface area contributed by atoms with Gasteiger partial charge in [-0.25, -0.2) is 0 Å². The van der Waals surface area contributed by atoms with Gasteiger partial charge in [-0.3, -0.25) is 9.36 Å². The van der Waals surface area contributed by atoms with Crippen molar-refractivity contribution in [2.75, 3.05) is 60.3 Å². The van der Waals surface area contributed by atoms with Gasteiger partial charge in [-0.05, 0) is 37.1 Å². The van der Waals surface area contributed by atoms with Crippen molar-refractivity contribution in [3.63, 3.8) is 0 Å². The molecule has 150 valence electrons. The smallest absolute Gasteiger partial charge is 0.234 e. The van der Waals surface area contributed by atoms with Crippen LogP contribution in [0.15, 0.2) is 29.4 Å². The van der Waals surface area contributed by atoms with Crippen LogP contribution in [0.5, 0.6) is 0 Å². The third-order valence-electron chi connectivity index (χ3n) is 5.06. The Morgan fingerprint density at radius 1 is 1.07 bits per heavy atom. The number of nitrogens with zero attached hydrogens (tertiary/aromatic N) is 5. The number of amides is 1. The van der Waals surface area contributed by atoms with E-state index >= 15 is 0 Å².